The molecule has 2 aliphatic rings. The molecule has 1 heterocycles. The lowest BCUT2D eigenvalue weighted by Gasteiger charge is -2.27. The Morgan fingerprint density at radius 1 is 1.42 bits per heavy atom. The molecule has 2 fully saturated rings. The standard InChI is InChI=1S/C15H23BrN2O/c1-3-18-13(15(16)9(2)17-18)8-14(19)12-7-10-4-5-11(12)6-10/h10-12,14,19H,3-8H2,1-2H3. The molecule has 0 amide bonds. The van der Waals surface area contributed by atoms with Crippen LogP contribution in [0.3, 0.4) is 0 Å². The molecule has 4 unspecified atom stereocenters. The minimum atomic E-state index is -0.201. The number of halogens is 1. The summed E-state index contributed by atoms with van der Waals surface area (Å²) in [4.78, 5) is 0. The van der Waals surface area contributed by atoms with Crippen LogP contribution >= 0.6 is 15.9 Å². The Balaban J connectivity index is 1.74. The Bertz CT molecular complexity index is 471. The second kappa shape index (κ2) is 5.21. The van der Waals surface area contributed by atoms with E-state index in [1.807, 2.05) is 11.6 Å². The fourth-order valence-corrected chi connectivity index (χ4v) is 4.62. The van der Waals surface area contributed by atoms with E-state index in [9.17, 15) is 5.11 Å². The van der Waals surface area contributed by atoms with E-state index >= 15 is 0 Å². The Morgan fingerprint density at radius 3 is 2.79 bits per heavy atom. The Morgan fingerprint density at radius 2 is 2.21 bits per heavy atom. The molecule has 1 N–H and O–H groups in total. The van der Waals surface area contributed by atoms with Crippen LogP contribution in [0.2, 0.25) is 0 Å². The van der Waals surface area contributed by atoms with Crippen LogP contribution in [0.15, 0.2) is 4.47 Å². The van der Waals surface area contributed by atoms with Gasteiger partial charge >= 0.3 is 0 Å². The Kier molecular flexibility index (Phi) is 3.73. The summed E-state index contributed by atoms with van der Waals surface area (Å²) in [5.41, 5.74) is 2.19. The van der Waals surface area contributed by atoms with Crippen LogP contribution in [0.25, 0.3) is 0 Å². The van der Waals surface area contributed by atoms with Gasteiger partial charge in [0, 0.05) is 13.0 Å². The van der Waals surface area contributed by atoms with Crippen molar-refractivity contribution in [3.8, 4) is 0 Å². The fourth-order valence-electron chi connectivity index (χ4n) is 4.18. The summed E-state index contributed by atoms with van der Waals surface area (Å²) in [6.07, 6.45) is 5.86. The lowest BCUT2D eigenvalue weighted by Crippen LogP contribution is -2.28. The maximum absolute atomic E-state index is 10.6. The van der Waals surface area contributed by atoms with Gasteiger partial charge in [0.2, 0.25) is 0 Å². The molecule has 4 heteroatoms. The molecule has 1 aromatic heterocycles. The quantitative estimate of drug-likeness (QED) is 0.921. The number of hydrogen-bond donors (Lipinski definition) is 1. The van der Waals surface area contributed by atoms with Crippen LogP contribution in [0, 0.1) is 24.7 Å². The van der Waals surface area contributed by atoms with E-state index in [2.05, 4.69) is 28.0 Å². The molecule has 2 bridgehead atoms. The summed E-state index contributed by atoms with van der Waals surface area (Å²) in [6, 6.07) is 0. The molecule has 4 atom stereocenters. The largest absolute Gasteiger partial charge is 0.392 e. The van der Waals surface area contributed by atoms with Crippen LogP contribution in [-0.2, 0) is 13.0 Å². The first-order chi connectivity index (χ1) is 9.10. The molecule has 0 spiro atoms. The van der Waals surface area contributed by atoms with E-state index in [4.69, 9.17) is 0 Å². The monoisotopic (exact) mass is 326 g/mol. The highest BCUT2D eigenvalue weighted by molar-refractivity contribution is 9.10. The smallest absolute Gasteiger partial charge is 0.0738 e. The van der Waals surface area contributed by atoms with Crippen molar-refractivity contribution in [1.29, 1.82) is 0 Å². The topological polar surface area (TPSA) is 38.0 Å². The zero-order chi connectivity index (χ0) is 13.6. The first kappa shape index (κ1) is 13.6. The van der Waals surface area contributed by atoms with Gasteiger partial charge in [0.15, 0.2) is 0 Å². The van der Waals surface area contributed by atoms with Gasteiger partial charge in [-0.25, -0.2) is 0 Å². The second-order valence-corrected chi connectivity index (χ2v) is 7.07. The van der Waals surface area contributed by atoms with E-state index in [0.29, 0.717) is 5.92 Å². The predicted octanol–water partition coefficient (Wildman–Crippen LogP) is 3.31. The van der Waals surface area contributed by atoms with Crippen molar-refractivity contribution in [1.82, 2.24) is 9.78 Å². The zero-order valence-corrected chi connectivity index (χ0v) is 13.4. The van der Waals surface area contributed by atoms with Gasteiger partial charge in [-0.1, -0.05) is 6.42 Å². The molecular weight excluding hydrogens is 304 g/mol. The van der Waals surface area contributed by atoms with Crippen LogP contribution in [0.1, 0.15) is 44.0 Å². The highest BCUT2D eigenvalue weighted by Gasteiger charge is 2.42. The van der Waals surface area contributed by atoms with E-state index in [1.54, 1.807) is 0 Å². The molecule has 0 aliphatic heterocycles. The van der Waals surface area contributed by atoms with Gasteiger partial charge < -0.3 is 5.11 Å². The number of aliphatic hydroxyl groups excluding tert-OH is 1. The first-order valence-electron chi connectivity index (χ1n) is 7.50. The number of nitrogens with zero attached hydrogens (tertiary/aromatic N) is 2. The summed E-state index contributed by atoms with van der Waals surface area (Å²) >= 11 is 3.63. The molecule has 0 radical (unpaired) electrons. The second-order valence-electron chi connectivity index (χ2n) is 6.27. The van der Waals surface area contributed by atoms with Crippen molar-refractivity contribution < 1.29 is 5.11 Å². The number of aliphatic hydroxyl groups is 1. The average molecular weight is 327 g/mol. The molecule has 1 aromatic rings. The summed E-state index contributed by atoms with van der Waals surface area (Å²) in [7, 11) is 0. The van der Waals surface area contributed by atoms with Crippen LogP contribution in [0.5, 0.6) is 0 Å². The van der Waals surface area contributed by atoms with Crippen molar-refractivity contribution >= 4 is 15.9 Å². The van der Waals surface area contributed by atoms with Gasteiger partial charge in [0.25, 0.3) is 0 Å². The molecule has 3 rings (SSSR count). The Labute approximate surface area is 123 Å². The molecule has 19 heavy (non-hydrogen) atoms. The molecule has 0 aromatic carbocycles. The van der Waals surface area contributed by atoms with Gasteiger partial charge in [-0.3, -0.25) is 4.68 Å². The molecule has 2 saturated carbocycles. The van der Waals surface area contributed by atoms with Gasteiger partial charge in [0.1, 0.15) is 0 Å². The van der Waals surface area contributed by atoms with Crippen LogP contribution in [-0.4, -0.2) is 21.0 Å². The Hall–Kier alpha value is -0.350. The van der Waals surface area contributed by atoms with Crippen molar-refractivity contribution in [2.45, 2.75) is 58.6 Å². The SMILES string of the molecule is CCn1nc(C)c(Br)c1CC(O)C1CC2CCC1C2. The van der Waals surface area contributed by atoms with Crippen molar-refractivity contribution in [2.75, 3.05) is 0 Å². The van der Waals surface area contributed by atoms with Crippen LogP contribution < -0.4 is 0 Å². The van der Waals surface area contributed by atoms with Crippen molar-refractivity contribution in [3.63, 3.8) is 0 Å². The number of aromatic nitrogens is 2. The van der Waals surface area contributed by atoms with Gasteiger partial charge in [-0.05, 0) is 66.8 Å². The molecule has 0 saturated heterocycles. The minimum Gasteiger partial charge on any atom is -0.392 e. The molecular formula is C15H23BrN2O. The molecule has 106 valence electrons. The highest BCUT2D eigenvalue weighted by Crippen LogP contribution is 2.50. The van der Waals surface area contributed by atoms with Gasteiger partial charge in [0.05, 0.1) is 22.0 Å². The zero-order valence-electron chi connectivity index (χ0n) is 11.8. The third-order valence-electron chi connectivity index (χ3n) is 5.14. The summed E-state index contributed by atoms with van der Waals surface area (Å²) in [5.74, 6) is 2.19. The number of hydrogen-bond acceptors (Lipinski definition) is 2. The van der Waals surface area contributed by atoms with Crippen molar-refractivity contribution in [3.05, 3.63) is 15.9 Å². The maximum Gasteiger partial charge on any atom is 0.0738 e. The number of fused-ring (bicyclic) bond motifs is 2. The third kappa shape index (κ3) is 2.38. The molecule has 2 aliphatic carbocycles. The third-order valence-corrected chi connectivity index (χ3v) is 6.17. The number of rotatable bonds is 4. The highest BCUT2D eigenvalue weighted by atomic mass is 79.9. The fraction of sp³-hybridized carbons (Fsp3) is 0.800. The summed E-state index contributed by atoms with van der Waals surface area (Å²) in [6.45, 7) is 4.99. The number of aryl methyl sites for hydroxylation is 2. The average Bonchev–Trinajstić information content (AvgIpc) is 3.08. The molecule has 3 nitrogen and oxygen atoms in total. The van der Waals surface area contributed by atoms with E-state index in [0.717, 1.165) is 40.7 Å². The van der Waals surface area contributed by atoms with E-state index in [-0.39, 0.29) is 6.10 Å². The first-order valence-corrected chi connectivity index (χ1v) is 8.29. The lowest BCUT2D eigenvalue weighted by atomic mass is 9.83. The normalized spacial score (nSPS) is 31.1. The minimum absolute atomic E-state index is 0.201. The van der Waals surface area contributed by atoms with E-state index < -0.39 is 0 Å². The summed E-state index contributed by atoms with van der Waals surface area (Å²) in [5, 5.41) is 15.1. The maximum atomic E-state index is 10.6. The van der Waals surface area contributed by atoms with Crippen LogP contribution in [0.4, 0.5) is 0 Å². The van der Waals surface area contributed by atoms with E-state index in [1.165, 1.54) is 25.7 Å². The van der Waals surface area contributed by atoms with Crippen molar-refractivity contribution in [2.24, 2.45) is 17.8 Å². The predicted molar refractivity (Wildman–Crippen MR) is 79.0 cm³/mol. The van der Waals surface area contributed by atoms with Gasteiger partial charge in [-0.2, -0.15) is 5.10 Å². The van der Waals surface area contributed by atoms with Gasteiger partial charge in [-0.15, -0.1) is 0 Å². The lowest BCUT2D eigenvalue weighted by molar-refractivity contribution is 0.0732. The summed E-state index contributed by atoms with van der Waals surface area (Å²) < 4.78 is 3.10.